The van der Waals surface area contributed by atoms with Crippen molar-refractivity contribution in [3.63, 3.8) is 0 Å². The average Bonchev–Trinajstić information content (AvgIpc) is 3.11. The molecule has 2 aliphatic rings. The van der Waals surface area contributed by atoms with Gasteiger partial charge in [-0.15, -0.1) is 0 Å². The highest BCUT2D eigenvalue weighted by atomic mass is 19.3. The summed E-state index contributed by atoms with van der Waals surface area (Å²) < 4.78 is 35.5. The zero-order valence-electron chi connectivity index (χ0n) is 19.5. The van der Waals surface area contributed by atoms with E-state index in [1.165, 1.54) is 6.33 Å². The van der Waals surface area contributed by atoms with Crippen molar-refractivity contribution in [1.82, 2.24) is 19.4 Å². The minimum atomic E-state index is -2.63. The summed E-state index contributed by atoms with van der Waals surface area (Å²) >= 11 is 0. The van der Waals surface area contributed by atoms with Gasteiger partial charge in [0.2, 0.25) is 5.92 Å². The Morgan fingerprint density at radius 1 is 1.19 bits per heavy atom. The molecule has 0 radical (unpaired) electrons. The van der Waals surface area contributed by atoms with Gasteiger partial charge in [-0.1, -0.05) is 0 Å². The molecule has 176 valence electrons. The number of hydrogen-bond donors (Lipinski definition) is 0. The van der Waals surface area contributed by atoms with Crippen LogP contribution in [0.2, 0.25) is 0 Å². The van der Waals surface area contributed by atoms with Crippen LogP contribution >= 0.6 is 0 Å². The molecule has 3 atom stereocenters. The maximum atomic E-state index is 14.0. The first-order valence-electron chi connectivity index (χ1n) is 11.4. The van der Waals surface area contributed by atoms with E-state index in [0.717, 1.165) is 17.6 Å². The molecule has 32 heavy (non-hydrogen) atoms. The van der Waals surface area contributed by atoms with Crippen molar-refractivity contribution in [3.05, 3.63) is 18.6 Å². The van der Waals surface area contributed by atoms with Crippen molar-refractivity contribution in [2.45, 2.75) is 90.0 Å². The second-order valence-electron chi connectivity index (χ2n) is 10.2. The summed E-state index contributed by atoms with van der Waals surface area (Å²) in [6.07, 6.45) is 4.09. The number of carbonyl (C=O) groups is 1. The monoisotopic (exact) mass is 449 g/mol. The Balaban J connectivity index is 1.58. The second-order valence-corrected chi connectivity index (χ2v) is 10.2. The Labute approximate surface area is 187 Å². The Morgan fingerprint density at radius 2 is 1.94 bits per heavy atom. The van der Waals surface area contributed by atoms with Crippen LogP contribution in [0.3, 0.4) is 0 Å². The van der Waals surface area contributed by atoms with E-state index in [9.17, 15) is 13.6 Å². The van der Waals surface area contributed by atoms with Gasteiger partial charge < -0.3 is 19.1 Å². The van der Waals surface area contributed by atoms with E-state index >= 15 is 0 Å². The number of alkyl halides is 2. The number of anilines is 1. The molecule has 1 saturated heterocycles. The first kappa shape index (κ1) is 22.7. The molecular formula is C23H33F2N5O2. The van der Waals surface area contributed by atoms with Crippen LogP contribution in [0.15, 0.2) is 18.6 Å². The molecule has 2 aromatic heterocycles. The summed E-state index contributed by atoms with van der Waals surface area (Å²) in [4.78, 5) is 25.6. The molecule has 4 rings (SSSR count). The van der Waals surface area contributed by atoms with Crippen LogP contribution in [0.25, 0.3) is 11.0 Å². The molecule has 0 bridgehead atoms. The van der Waals surface area contributed by atoms with Gasteiger partial charge in [-0.3, -0.25) is 0 Å². The van der Waals surface area contributed by atoms with Crippen LogP contribution in [0.1, 0.15) is 66.3 Å². The van der Waals surface area contributed by atoms with Crippen molar-refractivity contribution in [2.75, 3.05) is 18.0 Å². The maximum Gasteiger partial charge on any atom is 0.410 e. The van der Waals surface area contributed by atoms with Crippen LogP contribution in [0.4, 0.5) is 19.4 Å². The normalized spacial score (nSPS) is 26.4. The number of piperazine rings is 1. The quantitative estimate of drug-likeness (QED) is 0.645. The van der Waals surface area contributed by atoms with Gasteiger partial charge in [0, 0.05) is 50.3 Å². The van der Waals surface area contributed by atoms with Gasteiger partial charge in [0.05, 0.1) is 5.39 Å². The zero-order chi connectivity index (χ0) is 23.3. The number of ether oxygens (including phenoxy) is 1. The second kappa shape index (κ2) is 8.15. The number of carbonyl (C=O) groups excluding carboxylic acids is 1. The molecule has 2 fully saturated rings. The highest BCUT2D eigenvalue weighted by molar-refractivity contribution is 5.88. The Bertz CT molecular complexity index is 986. The SMILES string of the molecule is CC1CN(c2ncnc3c2ccn3C2CCCC(F)(F)C2)C(C)CN1C(=O)OC(C)(C)C. The predicted molar refractivity (Wildman–Crippen MR) is 119 cm³/mol. The van der Waals surface area contributed by atoms with Crippen molar-refractivity contribution in [2.24, 2.45) is 0 Å². The molecule has 3 heterocycles. The molecule has 0 spiro atoms. The van der Waals surface area contributed by atoms with E-state index in [4.69, 9.17) is 4.74 Å². The third kappa shape index (κ3) is 4.52. The van der Waals surface area contributed by atoms with Crippen LogP contribution in [0.5, 0.6) is 0 Å². The molecule has 9 heteroatoms. The van der Waals surface area contributed by atoms with Gasteiger partial charge in [-0.2, -0.15) is 0 Å². The van der Waals surface area contributed by atoms with E-state index in [1.807, 2.05) is 44.5 Å². The van der Waals surface area contributed by atoms with Gasteiger partial charge in [0.25, 0.3) is 0 Å². The fraction of sp³-hybridized carbons (Fsp3) is 0.696. The van der Waals surface area contributed by atoms with E-state index in [0.29, 0.717) is 25.2 Å². The van der Waals surface area contributed by atoms with Crippen molar-refractivity contribution < 1.29 is 18.3 Å². The zero-order valence-corrected chi connectivity index (χ0v) is 19.5. The molecule has 3 unspecified atom stereocenters. The topological polar surface area (TPSA) is 63.5 Å². The number of rotatable bonds is 2. The fourth-order valence-electron chi connectivity index (χ4n) is 4.86. The summed E-state index contributed by atoms with van der Waals surface area (Å²) in [7, 11) is 0. The van der Waals surface area contributed by atoms with Gasteiger partial charge >= 0.3 is 6.09 Å². The van der Waals surface area contributed by atoms with Gasteiger partial charge in [-0.25, -0.2) is 23.5 Å². The van der Waals surface area contributed by atoms with Crippen LogP contribution < -0.4 is 4.90 Å². The van der Waals surface area contributed by atoms with Crippen molar-refractivity contribution in [3.8, 4) is 0 Å². The van der Waals surface area contributed by atoms with Crippen LogP contribution in [-0.4, -0.2) is 62.2 Å². The molecule has 7 nitrogen and oxygen atoms in total. The van der Waals surface area contributed by atoms with E-state index in [-0.39, 0.29) is 37.1 Å². The molecule has 1 amide bonds. The summed E-state index contributed by atoms with van der Waals surface area (Å²) in [6, 6.07) is 1.61. The average molecular weight is 450 g/mol. The first-order chi connectivity index (χ1) is 15.0. The number of halogens is 2. The number of nitrogens with zero attached hydrogens (tertiary/aromatic N) is 5. The molecule has 2 aromatic rings. The van der Waals surface area contributed by atoms with Crippen molar-refractivity contribution in [1.29, 1.82) is 0 Å². The lowest BCUT2D eigenvalue weighted by atomic mass is 9.92. The summed E-state index contributed by atoms with van der Waals surface area (Å²) in [5.74, 6) is -1.85. The summed E-state index contributed by atoms with van der Waals surface area (Å²) in [6.45, 7) is 10.7. The maximum absolute atomic E-state index is 14.0. The number of hydrogen-bond acceptors (Lipinski definition) is 5. The van der Waals surface area contributed by atoms with Crippen LogP contribution in [0, 0.1) is 0 Å². The lowest BCUT2D eigenvalue weighted by Crippen LogP contribution is -2.59. The molecule has 1 saturated carbocycles. The Hall–Kier alpha value is -2.45. The lowest BCUT2D eigenvalue weighted by molar-refractivity contribution is -0.0491. The summed E-state index contributed by atoms with van der Waals surface area (Å²) in [5.41, 5.74) is 0.140. The highest BCUT2D eigenvalue weighted by Crippen LogP contribution is 2.41. The number of amides is 1. The highest BCUT2D eigenvalue weighted by Gasteiger charge is 2.38. The molecule has 1 aliphatic carbocycles. The lowest BCUT2D eigenvalue weighted by Gasteiger charge is -2.44. The van der Waals surface area contributed by atoms with Gasteiger partial charge in [0.15, 0.2) is 0 Å². The molecule has 0 N–H and O–H groups in total. The Kier molecular flexibility index (Phi) is 5.79. The molecule has 1 aliphatic heterocycles. The molecular weight excluding hydrogens is 416 g/mol. The minimum Gasteiger partial charge on any atom is -0.444 e. The minimum absolute atomic E-state index is 0.0131. The third-order valence-electron chi connectivity index (χ3n) is 6.38. The largest absolute Gasteiger partial charge is 0.444 e. The van der Waals surface area contributed by atoms with E-state index < -0.39 is 11.5 Å². The Morgan fingerprint density at radius 3 is 2.62 bits per heavy atom. The number of fused-ring (bicyclic) bond motifs is 1. The van der Waals surface area contributed by atoms with Crippen LogP contribution in [-0.2, 0) is 4.74 Å². The third-order valence-corrected chi connectivity index (χ3v) is 6.38. The summed E-state index contributed by atoms with van der Waals surface area (Å²) in [5, 5.41) is 0.853. The van der Waals surface area contributed by atoms with Gasteiger partial charge in [0.1, 0.15) is 23.4 Å². The smallest absolute Gasteiger partial charge is 0.410 e. The van der Waals surface area contributed by atoms with E-state index in [2.05, 4.69) is 21.8 Å². The van der Waals surface area contributed by atoms with Crippen molar-refractivity contribution >= 4 is 22.9 Å². The standard InChI is InChI=1S/C23H33F2N5O2/c1-15-13-30(21(31)32-22(3,4)5)16(2)12-29(15)20-18-8-10-28(19(18)26-14-27-20)17-7-6-9-23(24,25)11-17/h8,10,14-17H,6-7,9,11-13H2,1-5H3. The van der Waals surface area contributed by atoms with E-state index in [1.54, 1.807) is 4.90 Å². The predicted octanol–water partition coefficient (Wildman–Crippen LogP) is 5.02. The van der Waals surface area contributed by atoms with Gasteiger partial charge in [-0.05, 0) is 53.5 Å². The fourth-order valence-corrected chi connectivity index (χ4v) is 4.86. The molecule has 0 aromatic carbocycles. The number of aromatic nitrogens is 3. The first-order valence-corrected chi connectivity index (χ1v) is 11.4.